The Kier molecular flexibility index (Phi) is 7.44. The lowest BCUT2D eigenvalue weighted by Crippen LogP contribution is -3.00. The number of allylic oxidation sites excluding steroid dienone is 3. The highest BCUT2D eigenvalue weighted by Gasteiger charge is 2.51. The first kappa shape index (κ1) is 30.4. The van der Waals surface area contributed by atoms with Crippen molar-refractivity contribution in [1.82, 2.24) is 0 Å². The maximum atomic E-state index is 14.6. The molecule has 3 rings (SSSR count). The van der Waals surface area contributed by atoms with Crippen LogP contribution in [0.1, 0.15) is 28.2 Å². The van der Waals surface area contributed by atoms with E-state index in [1.165, 1.54) is 0 Å². The molecule has 0 saturated heterocycles. The Bertz CT molecular complexity index is 1550. The number of likely N-dealkylation sites (N-methyl/N-ethyl adjacent to an activating group) is 1. The molecule has 2 aromatic rings. The minimum atomic E-state index is -6.00. The molecule has 0 aliphatic heterocycles. The van der Waals surface area contributed by atoms with E-state index < -0.39 is 115 Å². The van der Waals surface area contributed by atoms with Crippen molar-refractivity contribution in [2.24, 2.45) is 0 Å². The monoisotopic (exact) mass is 593 g/mol. The number of hydrogen-bond donors (Lipinski definition) is 1. The molecule has 0 heterocycles. The van der Waals surface area contributed by atoms with Gasteiger partial charge in [-0.15, -0.1) is 0 Å². The van der Waals surface area contributed by atoms with Gasteiger partial charge in [-0.1, -0.05) is 0 Å². The molecule has 1 aliphatic carbocycles. The topological polar surface area (TPSA) is 75.1 Å². The van der Waals surface area contributed by atoms with Crippen LogP contribution in [0.3, 0.4) is 0 Å². The van der Waals surface area contributed by atoms with E-state index in [-0.39, 0.29) is 0 Å². The first-order valence-electron chi connectivity index (χ1n) is 9.91. The molecule has 0 aromatic heterocycles. The van der Waals surface area contributed by atoms with E-state index in [9.17, 15) is 77.2 Å². The quantitative estimate of drug-likeness (QED) is 0.214. The summed E-state index contributed by atoms with van der Waals surface area (Å²) in [6.45, 7) is 0. The number of hydrogen-bond acceptors (Lipinski definition) is 3. The van der Waals surface area contributed by atoms with Gasteiger partial charge < -0.3 is 10.3 Å². The van der Waals surface area contributed by atoms with E-state index in [1.807, 2.05) is 0 Å². The van der Waals surface area contributed by atoms with E-state index in [4.69, 9.17) is 0 Å². The van der Waals surface area contributed by atoms with E-state index in [1.54, 1.807) is 0 Å². The van der Waals surface area contributed by atoms with Gasteiger partial charge in [0.05, 0.1) is 41.0 Å². The molecule has 2 unspecified atom stereocenters. The van der Waals surface area contributed by atoms with Crippen molar-refractivity contribution in [3.8, 4) is 12.1 Å². The Hall–Kier alpha value is -4.16. The smallest absolute Gasteiger partial charge is 0.422 e. The second-order valence-electron chi connectivity index (χ2n) is 7.81. The van der Waals surface area contributed by atoms with Gasteiger partial charge in [-0.25, -0.2) is 35.1 Å². The van der Waals surface area contributed by atoms with Crippen molar-refractivity contribution in [3.63, 3.8) is 0 Å². The first-order valence-corrected chi connectivity index (χ1v) is 9.91. The Morgan fingerprint density at radius 2 is 1.07 bits per heavy atom. The number of benzene rings is 2. The summed E-state index contributed by atoms with van der Waals surface area (Å²) in [6, 6.07) is 1.87. The SMILES string of the molecule is C[NH+]([O-])C1=C(C(C#N)c2c(F)c(F)c(C(F)(F)F)c(F)c2F)C/1=C(/C#N)c1c(F)c(F)c(C(F)(F)F)c(F)c1F. The minimum absolute atomic E-state index is 0.576. The summed E-state index contributed by atoms with van der Waals surface area (Å²) in [5, 5.41) is 29.5. The fourth-order valence-corrected chi connectivity index (χ4v) is 3.88. The van der Waals surface area contributed by atoms with Crippen LogP contribution in [0.2, 0.25) is 0 Å². The Morgan fingerprint density at radius 1 is 0.700 bits per heavy atom. The molecular weight excluding hydrogens is 588 g/mol. The van der Waals surface area contributed by atoms with Gasteiger partial charge in [-0.3, -0.25) is 0 Å². The molecule has 1 aliphatic rings. The van der Waals surface area contributed by atoms with Crippen molar-refractivity contribution in [1.29, 1.82) is 10.5 Å². The van der Waals surface area contributed by atoms with Crippen molar-refractivity contribution in [2.75, 3.05) is 7.05 Å². The van der Waals surface area contributed by atoms with Crippen LogP contribution >= 0.6 is 0 Å². The van der Waals surface area contributed by atoms with Crippen LogP contribution in [0, 0.1) is 74.4 Å². The molecule has 18 heteroatoms. The third kappa shape index (κ3) is 4.52. The number of nitrogens with zero attached hydrogens (tertiary/aromatic N) is 2. The standard InChI is InChI=1S/C22H5F14N3O/c1-39(40)20-6(4(2-37)8-12(23)16(27)10(21(31,32)33)17(28)13(8)24)7(20)5(3-38)9-14(25)18(29)11(22(34,35)36)19(30)15(9)26/h4,39H,1H3/b7-5+. The Balaban J connectivity index is 2.38. The van der Waals surface area contributed by atoms with Crippen LogP contribution in [0.4, 0.5) is 61.5 Å². The van der Waals surface area contributed by atoms with E-state index in [0.717, 1.165) is 12.1 Å². The second kappa shape index (κ2) is 9.79. The summed E-state index contributed by atoms with van der Waals surface area (Å²) in [6.07, 6.45) is -12.0. The summed E-state index contributed by atoms with van der Waals surface area (Å²) < 4.78 is 192. The molecule has 2 atom stereocenters. The van der Waals surface area contributed by atoms with Crippen LogP contribution in [0.5, 0.6) is 0 Å². The predicted molar refractivity (Wildman–Crippen MR) is 101 cm³/mol. The van der Waals surface area contributed by atoms with E-state index >= 15 is 0 Å². The highest BCUT2D eigenvalue weighted by Crippen LogP contribution is 2.51. The van der Waals surface area contributed by atoms with Gasteiger partial charge in [0, 0.05) is 0 Å². The van der Waals surface area contributed by atoms with Crippen LogP contribution in [0.15, 0.2) is 16.8 Å². The number of alkyl halides is 6. The molecule has 0 radical (unpaired) electrons. The zero-order valence-corrected chi connectivity index (χ0v) is 18.7. The predicted octanol–water partition coefficient (Wildman–Crippen LogP) is 5.70. The Morgan fingerprint density at radius 3 is 1.38 bits per heavy atom. The lowest BCUT2D eigenvalue weighted by Gasteiger charge is -2.15. The van der Waals surface area contributed by atoms with Gasteiger partial charge in [0.2, 0.25) is 0 Å². The molecule has 0 saturated carbocycles. The fourth-order valence-electron chi connectivity index (χ4n) is 3.88. The number of nitriles is 2. The molecule has 0 fully saturated rings. The second-order valence-corrected chi connectivity index (χ2v) is 7.81. The van der Waals surface area contributed by atoms with Crippen LogP contribution in [0.25, 0.3) is 5.57 Å². The van der Waals surface area contributed by atoms with Crippen molar-refractivity contribution in [2.45, 2.75) is 18.3 Å². The summed E-state index contributed by atoms with van der Waals surface area (Å²) in [7, 11) is 0.576. The molecule has 212 valence electrons. The zero-order chi connectivity index (χ0) is 30.8. The normalized spacial score (nSPS) is 16.4. The lowest BCUT2D eigenvalue weighted by molar-refractivity contribution is -0.775. The number of hydroxylamine groups is 2. The Labute approximate surface area is 211 Å². The van der Waals surface area contributed by atoms with Crippen molar-refractivity contribution in [3.05, 3.63) is 90.8 Å². The highest BCUT2D eigenvalue weighted by atomic mass is 19.4. The average molecular weight is 593 g/mol. The third-order valence-electron chi connectivity index (χ3n) is 5.52. The van der Waals surface area contributed by atoms with Gasteiger partial charge >= 0.3 is 12.4 Å². The third-order valence-corrected chi connectivity index (χ3v) is 5.52. The van der Waals surface area contributed by atoms with Gasteiger partial charge in [0.15, 0.2) is 46.5 Å². The van der Waals surface area contributed by atoms with E-state index in [0.29, 0.717) is 7.05 Å². The molecule has 0 amide bonds. The van der Waals surface area contributed by atoms with Crippen LogP contribution in [-0.4, -0.2) is 7.05 Å². The molecule has 4 nitrogen and oxygen atoms in total. The van der Waals surface area contributed by atoms with Gasteiger partial charge in [-0.2, -0.15) is 36.9 Å². The number of quaternary nitrogens is 1. The maximum absolute atomic E-state index is 14.6. The summed E-state index contributed by atoms with van der Waals surface area (Å²) in [4.78, 5) is 0. The van der Waals surface area contributed by atoms with Gasteiger partial charge in [-0.05, 0) is 0 Å². The van der Waals surface area contributed by atoms with Gasteiger partial charge in [0.25, 0.3) is 0 Å². The van der Waals surface area contributed by atoms with E-state index in [2.05, 4.69) is 0 Å². The largest absolute Gasteiger partial charge is 0.629 e. The number of rotatable bonds is 4. The summed E-state index contributed by atoms with van der Waals surface area (Å²) >= 11 is 0. The number of halogens is 14. The zero-order valence-electron chi connectivity index (χ0n) is 18.7. The number of nitrogens with one attached hydrogen (secondary N) is 1. The molecule has 1 N–H and O–H groups in total. The molecule has 40 heavy (non-hydrogen) atoms. The average Bonchev–Trinajstić information content (AvgIpc) is 3.55. The minimum Gasteiger partial charge on any atom is -0.629 e. The van der Waals surface area contributed by atoms with Crippen molar-refractivity contribution >= 4 is 5.57 Å². The molecule has 2 aromatic carbocycles. The first-order chi connectivity index (χ1) is 18.2. The summed E-state index contributed by atoms with van der Waals surface area (Å²) in [5.74, 6) is -26.3. The lowest BCUT2D eigenvalue weighted by atomic mass is 9.92. The summed E-state index contributed by atoms with van der Waals surface area (Å²) in [5.41, 5.74) is -15.5. The fraction of sp³-hybridized carbons (Fsp3) is 0.182. The van der Waals surface area contributed by atoms with Crippen LogP contribution in [-0.2, 0) is 12.4 Å². The molecular formula is C22H5F14N3O. The highest BCUT2D eigenvalue weighted by molar-refractivity contribution is 5.92. The molecule has 0 bridgehead atoms. The van der Waals surface area contributed by atoms with Crippen LogP contribution < -0.4 is 5.06 Å². The van der Waals surface area contributed by atoms with Gasteiger partial charge in [0.1, 0.15) is 28.8 Å². The van der Waals surface area contributed by atoms with Crippen molar-refractivity contribution < 1.29 is 66.5 Å². The molecule has 0 spiro atoms. The maximum Gasteiger partial charge on any atom is 0.422 e.